The predicted molar refractivity (Wildman–Crippen MR) is 100 cm³/mol. The molecule has 146 valence electrons. The van der Waals surface area contributed by atoms with Gasteiger partial charge in [0.05, 0.1) is 13.0 Å². The number of carbonyl (C=O) groups excluding carboxylic acids is 1. The molecule has 0 spiro atoms. The highest BCUT2D eigenvalue weighted by Gasteiger charge is 2.20. The van der Waals surface area contributed by atoms with Crippen molar-refractivity contribution in [3.8, 4) is 17.0 Å². The van der Waals surface area contributed by atoms with Crippen LogP contribution in [0.1, 0.15) is 35.4 Å². The fraction of sp³-hybridized carbons (Fsp3) is 0.238. The number of aryl methyl sites for hydroxylation is 1. The van der Waals surface area contributed by atoms with Crippen molar-refractivity contribution >= 4 is 5.91 Å². The van der Waals surface area contributed by atoms with E-state index in [0.29, 0.717) is 5.89 Å². The number of amides is 1. The third-order valence-corrected chi connectivity index (χ3v) is 4.14. The standard InChI is InChI=1S/C21H20F2N2O3/c1-2-6-16-20(13-7-4-3-5-8-13)25-17(28-16)11-12-27-15-10-9-14(22)18(19(15)23)21(24)26/h3-5,7-10H,2,6,11-12H2,1H3,(H2,24,26). The number of hydrogen-bond donors (Lipinski definition) is 1. The van der Waals surface area contributed by atoms with Gasteiger partial charge in [-0.1, -0.05) is 37.3 Å². The molecule has 1 aromatic heterocycles. The first-order chi connectivity index (χ1) is 13.5. The maximum absolute atomic E-state index is 14.2. The molecule has 3 rings (SSSR count). The van der Waals surface area contributed by atoms with Crippen LogP contribution in [0.3, 0.4) is 0 Å². The van der Waals surface area contributed by atoms with Gasteiger partial charge in [-0.15, -0.1) is 0 Å². The molecule has 0 bridgehead atoms. The third-order valence-electron chi connectivity index (χ3n) is 4.14. The number of rotatable bonds is 8. The lowest BCUT2D eigenvalue weighted by molar-refractivity contribution is 0.0991. The number of halogens is 2. The van der Waals surface area contributed by atoms with E-state index in [4.69, 9.17) is 14.9 Å². The average molecular weight is 386 g/mol. The summed E-state index contributed by atoms with van der Waals surface area (Å²) in [5.74, 6) is -2.34. The molecule has 0 aliphatic heterocycles. The molecule has 0 saturated carbocycles. The zero-order valence-electron chi connectivity index (χ0n) is 15.4. The first kappa shape index (κ1) is 19.5. The van der Waals surface area contributed by atoms with Crippen molar-refractivity contribution in [2.45, 2.75) is 26.2 Å². The molecule has 5 nitrogen and oxygen atoms in total. The van der Waals surface area contributed by atoms with Gasteiger partial charge in [0.1, 0.15) is 22.8 Å². The summed E-state index contributed by atoms with van der Waals surface area (Å²) in [6, 6.07) is 11.7. The minimum absolute atomic E-state index is 0.0427. The van der Waals surface area contributed by atoms with Crippen molar-refractivity contribution in [1.29, 1.82) is 0 Å². The molecule has 3 aromatic rings. The van der Waals surface area contributed by atoms with Gasteiger partial charge in [-0.05, 0) is 18.6 Å². The third kappa shape index (κ3) is 4.19. The van der Waals surface area contributed by atoms with Crippen LogP contribution in [0, 0.1) is 11.6 Å². The van der Waals surface area contributed by atoms with Gasteiger partial charge >= 0.3 is 0 Å². The average Bonchev–Trinajstić information content (AvgIpc) is 3.07. The summed E-state index contributed by atoms with van der Waals surface area (Å²) in [6.45, 7) is 2.09. The highest BCUT2D eigenvalue weighted by molar-refractivity contribution is 5.93. The Morgan fingerprint density at radius 2 is 1.89 bits per heavy atom. The quantitative estimate of drug-likeness (QED) is 0.626. The zero-order chi connectivity index (χ0) is 20.1. The molecule has 0 aliphatic carbocycles. The molecule has 1 heterocycles. The first-order valence-electron chi connectivity index (χ1n) is 8.95. The molecule has 0 aliphatic rings. The number of primary amides is 1. The normalized spacial score (nSPS) is 10.8. The van der Waals surface area contributed by atoms with Crippen molar-refractivity contribution in [3.05, 3.63) is 71.3 Å². The largest absolute Gasteiger partial charge is 0.490 e. The molecule has 0 unspecified atom stereocenters. The summed E-state index contributed by atoms with van der Waals surface area (Å²) in [4.78, 5) is 15.7. The summed E-state index contributed by atoms with van der Waals surface area (Å²) in [5, 5.41) is 0. The molecule has 0 fully saturated rings. The van der Waals surface area contributed by atoms with Gasteiger partial charge in [-0.2, -0.15) is 0 Å². The zero-order valence-corrected chi connectivity index (χ0v) is 15.4. The van der Waals surface area contributed by atoms with E-state index >= 15 is 0 Å². The highest BCUT2D eigenvalue weighted by atomic mass is 19.1. The molecule has 7 heteroatoms. The van der Waals surface area contributed by atoms with Crippen LogP contribution < -0.4 is 10.5 Å². The van der Waals surface area contributed by atoms with Crippen LogP contribution >= 0.6 is 0 Å². The SMILES string of the molecule is CCCc1oc(CCOc2ccc(F)c(C(N)=O)c2F)nc1-c1ccccc1. The number of nitrogens with zero attached hydrogens (tertiary/aromatic N) is 1. The minimum Gasteiger partial charge on any atom is -0.490 e. The lowest BCUT2D eigenvalue weighted by Crippen LogP contribution is -2.16. The van der Waals surface area contributed by atoms with Gasteiger partial charge in [-0.25, -0.2) is 13.8 Å². The van der Waals surface area contributed by atoms with Crippen LogP contribution in [0.15, 0.2) is 46.9 Å². The van der Waals surface area contributed by atoms with Crippen molar-refractivity contribution < 1.29 is 22.7 Å². The fourth-order valence-electron chi connectivity index (χ4n) is 2.84. The maximum Gasteiger partial charge on any atom is 0.254 e. The summed E-state index contributed by atoms with van der Waals surface area (Å²) in [6.07, 6.45) is 1.93. The van der Waals surface area contributed by atoms with Crippen LogP contribution in [-0.4, -0.2) is 17.5 Å². The Hall–Kier alpha value is -3.22. The Balaban J connectivity index is 1.74. The highest BCUT2D eigenvalue weighted by Crippen LogP contribution is 2.26. The second kappa shape index (κ2) is 8.65. The van der Waals surface area contributed by atoms with Crippen LogP contribution in [0.2, 0.25) is 0 Å². The Bertz CT molecular complexity index is 971. The number of carbonyl (C=O) groups is 1. The lowest BCUT2D eigenvalue weighted by Gasteiger charge is -2.08. The monoisotopic (exact) mass is 386 g/mol. The van der Waals surface area contributed by atoms with E-state index in [2.05, 4.69) is 4.98 Å². The van der Waals surface area contributed by atoms with Crippen molar-refractivity contribution in [3.63, 3.8) is 0 Å². The van der Waals surface area contributed by atoms with Gasteiger partial charge < -0.3 is 14.9 Å². The van der Waals surface area contributed by atoms with E-state index in [9.17, 15) is 13.6 Å². The molecule has 1 amide bonds. The van der Waals surface area contributed by atoms with E-state index in [1.165, 1.54) is 0 Å². The number of benzene rings is 2. The first-order valence-corrected chi connectivity index (χ1v) is 8.95. The summed E-state index contributed by atoms with van der Waals surface area (Å²) in [7, 11) is 0. The molecule has 0 radical (unpaired) electrons. The minimum atomic E-state index is -1.19. The Labute approximate surface area is 161 Å². The van der Waals surface area contributed by atoms with E-state index < -0.39 is 23.1 Å². The van der Waals surface area contributed by atoms with Crippen LogP contribution in [0.25, 0.3) is 11.3 Å². The second-order valence-corrected chi connectivity index (χ2v) is 6.19. The summed E-state index contributed by atoms with van der Waals surface area (Å²) >= 11 is 0. The number of nitrogens with two attached hydrogens (primary N) is 1. The summed E-state index contributed by atoms with van der Waals surface area (Å²) < 4.78 is 38.9. The Morgan fingerprint density at radius 3 is 2.57 bits per heavy atom. The molecule has 0 saturated heterocycles. The number of hydrogen-bond acceptors (Lipinski definition) is 4. The molecule has 28 heavy (non-hydrogen) atoms. The number of ether oxygens (including phenoxy) is 1. The lowest BCUT2D eigenvalue weighted by atomic mass is 10.1. The molecular weight excluding hydrogens is 366 g/mol. The van der Waals surface area contributed by atoms with E-state index in [-0.39, 0.29) is 18.8 Å². The van der Waals surface area contributed by atoms with Gasteiger partial charge in [-0.3, -0.25) is 4.79 Å². The van der Waals surface area contributed by atoms with Crippen LogP contribution in [0.5, 0.6) is 5.75 Å². The molecule has 2 aromatic carbocycles. The maximum atomic E-state index is 14.2. The van der Waals surface area contributed by atoms with E-state index in [0.717, 1.165) is 42.0 Å². The van der Waals surface area contributed by atoms with E-state index in [1.807, 2.05) is 37.3 Å². The topological polar surface area (TPSA) is 78.4 Å². The van der Waals surface area contributed by atoms with Crippen molar-refractivity contribution in [2.24, 2.45) is 5.73 Å². The van der Waals surface area contributed by atoms with Crippen LogP contribution in [-0.2, 0) is 12.8 Å². The van der Waals surface area contributed by atoms with E-state index in [1.54, 1.807) is 0 Å². The Kier molecular flexibility index (Phi) is 6.03. The number of oxazole rings is 1. The van der Waals surface area contributed by atoms with Gasteiger partial charge in [0.15, 0.2) is 17.5 Å². The summed E-state index contributed by atoms with van der Waals surface area (Å²) in [5.41, 5.74) is 5.93. The molecule has 0 atom stereocenters. The van der Waals surface area contributed by atoms with Gasteiger partial charge in [0.25, 0.3) is 5.91 Å². The molecule has 2 N–H and O–H groups in total. The molecular formula is C21H20F2N2O3. The fourth-order valence-corrected chi connectivity index (χ4v) is 2.84. The smallest absolute Gasteiger partial charge is 0.254 e. The van der Waals surface area contributed by atoms with Gasteiger partial charge in [0.2, 0.25) is 0 Å². The predicted octanol–water partition coefficient (Wildman–Crippen LogP) is 4.29. The van der Waals surface area contributed by atoms with Gasteiger partial charge in [0, 0.05) is 12.0 Å². The Morgan fingerprint density at radius 1 is 1.14 bits per heavy atom. The van der Waals surface area contributed by atoms with Crippen molar-refractivity contribution in [2.75, 3.05) is 6.61 Å². The second-order valence-electron chi connectivity index (χ2n) is 6.19. The number of aromatic nitrogens is 1. The van der Waals surface area contributed by atoms with Crippen LogP contribution in [0.4, 0.5) is 8.78 Å². The van der Waals surface area contributed by atoms with Crippen molar-refractivity contribution in [1.82, 2.24) is 4.98 Å².